The molecule has 114 valence electrons. The second kappa shape index (κ2) is 7.16. The molecule has 0 heterocycles. The molecule has 1 atom stereocenters. The molecule has 0 saturated heterocycles. The van der Waals surface area contributed by atoms with Gasteiger partial charge in [-0.25, -0.2) is 0 Å². The Morgan fingerprint density at radius 3 is 2.18 bits per heavy atom. The molecule has 0 aromatic heterocycles. The van der Waals surface area contributed by atoms with Crippen LogP contribution in [0.25, 0.3) is 0 Å². The molecule has 0 fully saturated rings. The van der Waals surface area contributed by atoms with E-state index in [1.165, 1.54) is 0 Å². The Hall–Kier alpha value is -2.23. The van der Waals surface area contributed by atoms with Crippen molar-refractivity contribution >= 4 is 5.78 Å². The third kappa shape index (κ3) is 3.50. The molecule has 3 nitrogen and oxygen atoms in total. The summed E-state index contributed by atoms with van der Waals surface area (Å²) in [6.07, 6.45) is 0.124. The lowest BCUT2D eigenvalue weighted by molar-refractivity contribution is 0.0282. The van der Waals surface area contributed by atoms with E-state index in [1.54, 1.807) is 55.6 Å². The molecule has 0 aliphatic heterocycles. The zero-order chi connectivity index (χ0) is 16.0. The molecule has 0 aliphatic rings. The normalized spacial score (nSPS) is 13.4. The van der Waals surface area contributed by atoms with Gasteiger partial charge in [0.25, 0.3) is 0 Å². The van der Waals surface area contributed by atoms with Crippen molar-refractivity contribution in [1.82, 2.24) is 0 Å². The maximum absolute atomic E-state index is 12.9. The number of methoxy groups -OCH3 is 1. The molecule has 22 heavy (non-hydrogen) atoms. The van der Waals surface area contributed by atoms with Gasteiger partial charge in [-0.05, 0) is 11.1 Å². The molecule has 0 spiro atoms. The Balaban J connectivity index is 2.41. The first-order valence-corrected chi connectivity index (χ1v) is 7.11. The van der Waals surface area contributed by atoms with E-state index < -0.39 is 5.60 Å². The van der Waals surface area contributed by atoms with Crippen molar-refractivity contribution in [2.45, 2.75) is 12.0 Å². The molecule has 0 radical (unpaired) electrons. The summed E-state index contributed by atoms with van der Waals surface area (Å²) < 4.78 is 5.05. The second-order valence-corrected chi connectivity index (χ2v) is 5.28. The fraction of sp³-hybridized carbons (Fsp3) is 0.211. The van der Waals surface area contributed by atoms with Gasteiger partial charge in [-0.3, -0.25) is 4.79 Å². The van der Waals surface area contributed by atoms with Gasteiger partial charge in [0, 0.05) is 19.1 Å². The first-order chi connectivity index (χ1) is 10.6. The van der Waals surface area contributed by atoms with Crippen LogP contribution in [-0.4, -0.2) is 24.6 Å². The topological polar surface area (TPSA) is 46.5 Å². The van der Waals surface area contributed by atoms with E-state index in [9.17, 15) is 9.90 Å². The molecule has 0 amide bonds. The third-order valence-corrected chi connectivity index (χ3v) is 3.52. The fourth-order valence-corrected chi connectivity index (χ4v) is 2.47. The van der Waals surface area contributed by atoms with Crippen molar-refractivity contribution in [3.63, 3.8) is 0 Å². The van der Waals surface area contributed by atoms with E-state index in [1.807, 2.05) is 12.1 Å². The zero-order valence-electron chi connectivity index (χ0n) is 12.7. The molecular formula is C19H20O3. The quantitative estimate of drug-likeness (QED) is 0.629. The Morgan fingerprint density at radius 1 is 1.09 bits per heavy atom. The van der Waals surface area contributed by atoms with Gasteiger partial charge in [0.1, 0.15) is 0 Å². The van der Waals surface area contributed by atoms with Gasteiger partial charge in [0.05, 0.1) is 6.61 Å². The summed E-state index contributed by atoms with van der Waals surface area (Å²) in [5, 5.41) is 11.1. The first-order valence-electron chi connectivity index (χ1n) is 7.11. The molecular weight excluding hydrogens is 276 g/mol. The van der Waals surface area contributed by atoms with E-state index in [0.29, 0.717) is 23.3 Å². The van der Waals surface area contributed by atoms with Crippen LogP contribution in [0.4, 0.5) is 0 Å². The number of rotatable bonds is 7. The van der Waals surface area contributed by atoms with Crippen LogP contribution < -0.4 is 0 Å². The van der Waals surface area contributed by atoms with Crippen molar-refractivity contribution in [2.24, 2.45) is 0 Å². The number of ether oxygens (including phenoxy) is 1. The lowest BCUT2D eigenvalue weighted by Crippen LogP contribution is -2.36. The summed E-state index contributed by atoms with van der Waals surface area (Å²) in [6.45, 7) is 4.20. The molecule has 2 aromatic rings. The number of ketones is 1. The number of benzene rings is 2. The highest BCUT2D eigenvalue weighted by atomic mass is 16.5. The van der Waals surface area contributed by atoms with Crippen LogP contribution in [0, 0.1) is 0 Å². The minimum Gasteiger partial charge on any atom is -0.380 e. The Labute approximate surface area is 130 Å². The molecule has 1 N–H and O–H groups in total. The summed E-state index contributed by atoms with van der Waals surface area (Å²) >= 11 is 0. The van der Waals surface area contributed by atoms with Gasteiger partial charge in [0.15, 0.2) is 11.4 Å². The minimum absolute atomic E-state index is 0.124. The van der Waals surface area contributed by atoms with Crippen molar-refractivity contribution in [3.8, 4) is 0 Å². The molecule has 3 heteroatoms. The van der Waals surface area contributed by atoms with Crippen LogP contribution in [0.2, 0.25) is 0 Å². The Kier molecular flexibility index (Phi) is 5.26. The number of hydrogen-bond acceptors (Lipinski definition) is 3. The highest BCUT2D eigenvalue weighted by Gasteiger charge is 2.38. The predicted octanol–water partition coefficient (Wildman–Crippen LogP) is 3.35. The Morgan fingerprint density at radius 2 is 1.64 bits per heavy atom. The summed E-state index contributed by atoms with van der Waals surface area (Å²) in [7, 11) is 1.56. The minimum atomic E-state index is -1.64. The van der Waals surface area contributed by atoms with E-state index in [2.05, 4.69) is 6.58 Å². The number of carbonyl (C=O) groups is 1. The fourth-order valence-electron chi connectivity index (χ4n) is 2.47. The van der Waals surface area contributed by atoms with E-state index in [-0.39, 0.29) is 12.2 Å². The maximum Gasteiger partial charge on any atom is 0.199 e. The van der Waals surface area contributed by atoms with Gasteiger partial charge < -0.3 is 9.84 Å². The van der Waals surface area contributed by atoms with Crippen molar-refractivity contribution < 1.29 is 14.6 Å². The molecule has 1 unspecified atom stereocenters. The lowest BCUT2D eigenvalue weighted by Gasteiger charge is -2.28. The summed E-state index contributed by atoms with van der Waals surface area (Å²) in [5.74, 6) is -0.337. The van der Waals surface area contributed by atoms with Crippen molar-refractivity contribution in [1.29, 1.82) is 0 Å². The Bertz CT molecular complexity index is 634. The van der Waals surface area contributed by atoms with Crippen LogP contribution in [-0.2, 0) is 10.3 Å². The van der Waals surface area contributed by atoms with Gasteiger partial charge in [-0.15, -0.1) is 0 Å². The van der Waals surface area contributed by atoms with Crippen LogP contribution >= 0.6 is 0 Å². The highest BCUT2D eigenvalue weighted by Crippen LogP contribution is 2.32. The zero-order valence-corrected chi connectivity index (χ0v) is 12.7. The monoisotopic (exact) mass is 296 g/mol. The summed E-state index contributed by atoms with van der Waals surface area (Å²) in [5.41, 5.74) is 0.0522. The molecule has 2 rings (SSSR count). The van der Waals surface area contributed by atoms with E-state index in [4.69, 9.17) is 4.74 Å². The average Bonchev–Trinajstić information content (AvgIpc) is 2.56. The SMILES string of the molecule is C=C(COC)CC(O)(C(=O)c1ccccc1)c1ccccc1. The van der Waals surface area contributed by atoms with Gasteiger partial charge in [0.2, 0.25) is 0 Å². The van der Waals surface area contributed by atoms with E-state index >= 15 is 0 Å². The largest absolute Gasteiger partial charge is 0.380 e. The number of hydrogen-bond donors (Lipinski definition) is 1. The number of carbonyl (C=O) groups excluding carboxylic acids is 1. The lowest BCUT2D eigenvalue weighted by atomic mass is 9.81. The van der Waals surface area contributed by atoms with Crippen LogP contribution in [0.3, 0.4) is 0 Å². The molecule has 0 saturated carbocycles. The number of aliphatic hydroxyl groups is 1. The van der Waals surface area contributed by atoms with Gasteiger partial charge in [-0.1, -0.05) is 67.2 Å². The predicted molar refractivity (Wildman–Crippen MR) is 86.7 cm³/mol. The summed E-state index contributed by atoms with van der Waals surface area (Å²) in [6, 6.07) is 17.8. The van der Waals surface area contributed by atoms with Crippen LogP contribution in [0.15, 0.2) is 72.8 Å². The van der Waals surface area contributed by atoms with Gasteiger partial charge >= 0.3 is 0 Å². The first kappa shape index (κ1) is 16.1. The van der Waals surface area contributed by atoms with Crippen LogP contribution in [0.1, 0.15) is 22.3 Å². The smallest absolute Gasteiger partial charge is 0.199 e. The molecule has 0 aliphatic carbocycles. The maximum atomic E-state index is 12.9. The third-order valence-electron chi connectivity index (χ3n) is 3.52. The van der Waals surface area contributed by atoms with Gasteiger partial charge in [-0.2, -0.15) is 0 Å². The standard InChI is InChI=1S/C19H20O3/c1-15(14-22-2)13-19(21,17-11-7-4-8-12-17)18(20)16-9-5-3-6-10-16/h3-12,21H,1,13-14H2,2H3. The highest BCUT2D eigenvalue weighted by molar-refractivity contribution is 6.03. The molecule has 0 bridgehead atoms. The van der Waals surface area contributed by atoms with Crippen LogP contribution in [0.5, 0.6) is 0 Å². The molecule has 2 aromatic carbocycles. The van der Waals surface area contributed by atoms with Crippen molar-refractivity contribution in [3.05, 3.63) is 83.9 Å². The van der Waals surface area contributed by atoms with E-state index in [0.717, 1.165) is 0 Å². The second-order valence-electron chi connectivity index (χ2n) is 5.28. The number of Topliss-reactive ketones (excluding diaryl/α,β-unsaturated/α-hetero) is 1. The average molecular weight is 296 g/mol. The van der Waals surface area contributed by atoms with Crippen molar-refractivity contribution in [2.75, 3.05) is 13.7 Å². The summed E-state index contributed by atoms with van der Waals surface area (Å²) in [4.78, 5) is 12.9.